The molecule has 0 aliphatic rings. The zero-order valence-corrected chi connectivity index (χ0v) is 19.5. The van der Waals surface area contributed by atoms with Crippen molar-refractivity contribution >= 4 is 21.8 Å². The lowest BCUT2D eigenvalue weighted by atomic mass is 10.1. The maximum Gasteiger partial charge on any atom is 0.242 e. The summed E-state index contributed by atoms with van der Waals surface area (Å²) in [6, 6.07) is 12.9. The fourth-order valence-corrected chi connectivity index (χ4v) is 4.83. The molecule has 1 aromatic heterocycles. The van der Waals surface area contributed by atoms with Crippen LogP contribution in [-0.4, -0.2) is 47.3 Å². The maximum atomic E-state index is 12.6. The fraction of sp³-hybridized carbons (Fsp3) is 0.273. The lowest BCUT2D eigenvalue weighted by Crippen LogP contribution is -2.22. The van der Waals surface area contributed by atoms with Gasteiger partial charge in [-0.2, -0.15) is 0 Å². The van der Waals surface area contributed by atoms with Crippen LogP contribution in [0.25, 0.3) is 17.1 Å². The smallest absolute Gasteiger partial charge is 0.242 e. The van der Waals surface area contributed by atoms with E-state index in [2.05, 4.69) is 16.8 Å². The average molecular weight is 443 g/mol. The van der Waals surface area contributed by atoms with Gasteiger partial charge in [0.1, 0.15) is 0 Å². The van der Waals surface area contributed by atoms with Crippen molar-refractivity contribution in [3.8, 4) is 17.1 Å². The Hall–Kier alpha value is -2.42. The molecule has 8 heteroatoms. The van der Waals surface area contributed by atoms with Gasteiger partial charge in [-0.15, -0.1) is 10.2 Å². The first kappa shape index (κ1) is 22.3. The molecule has 0 fully saturated rings. The summed E-state index contributed by atoms with van der Waals surface area (Å²) in [6.45, 7) is 10.0. The molecule has 0 unspecified atom stereocenters. The second-order valence-corrected chi connectivity index (χ2v) is 10.5. The Morgan fingerprint density at radius 1 is 1.10 bits per heavy atom. The number of thioether (sulfide) groups is 1. The molecular formula is C22H26N4O2S2. The van der Waals surface area contributed by atoms with Gasteiger partial charge in [-0.05, 0) is 44.0 Å². The summed E-state index contributed by atoms with van der Waals surface area (Å²) in [5.74, 6) is 1.32. The van der Waals surface area contributed by atoms with Gasteiger partial charge < -0.3 is 0 Å². The topological polar surface area (TPSA) is 68.1 Å². The van der Waals surface area contributed by atoms with E-state index in [9.17, 15) is 8.42 Å². The SMILES string of the molecule is C=C(C)CSc1nnc(-c2cccc(S(=O)(=O)N(C)C)c2)n1-c1c(C)cccc1C. The lowest BCUT2D eigenvalue weighted by Gasteiger charge is -2.16. The van der Waals surface area contributed by atoms with E-state index in [4.69, 9.17) is 0 Å². The van der Waals surface area contributed by atoms with Crippen LogP contribution in [0.15, 0.2) is 64.7 Å². The molecule has 158 valence electrons. The van der Waals surface area contributed by atoms with Gasteiger partial charge in [0.15, 0.2) is 11.0 Å². The summed E-state index contributed by atoms with van der Waals surface area (Å²) >= 11 is 1.56. The third-order valence-electron chi connectivity index (χ3n) is 4.61. The van der Waals surface area contributed by atoms with Crippen LogP contribution >= 0.6 is 11.8 Å². The van der Waals surface area contributed by atoms with Crippen molar-refractivity contribution in [1.29, 1.82) is 0 Å². The van der Waals surface area contributed by atoms with Crippen LogP contribution in [0.5, 0.6) is 0 Å². The van der Waals surface area contributed by atoms with Gasteiger partial charge in [-0.1, -0.05) is 54.2 Å². The van der Waals surface area contributed by atoms with E-state index in [0.29, 0.717) is 11.4 Å². The second kappa shape index (κ2) is 8.75. The first-order valence-corrected chi connectivity index (χ1v) is 11.9. The van der Waals surface area contributed by atoms with E-state index in [1.165, 1.54) is 18.4 Å². The van der Waals surface area contributed by atoms with Gasteiger partial charge in [0.2, 0.25) is 10.0 Å². The van der Waals surface area contributed by atoms with Gasteiger partial charge in [0.25, 0.3) is 0 Å². The van der Waals surface area contributed by atoms with Crippen molar-refractivity contribution in [3.05, 3.63) is 65.7 Å². The quantitative estimate of drug-likeness (QED) is 0.399. The molecule has 0 saturated heterocycles. The van der Waals surface area contributed by atoms with Crippen LogP contribution in [0.4, 0.5) is 0 Å². The summed E-state index contributed by atoms with van der Waals surface area (Å²) < 4.78 is 28.5. The molecule has 6 nitrogen and oxygen atoms in total. The molecule has 0 N–H and O–H groups in total. The Bertz CT molecular complexity index is 1180. The maximum absolute atomic E-state index is 12.6. The molecule has 0 spiro atoms. The summed E-state index contributed by atoms with van der Waals surface area (Å²) in [5.41, 5.74) is 4.91. The lowest BCUT2D eigenvalue weighted by molar-refractivity contribution is 0.521. The molecule has 0 saturated carbocycles. The van der Waals surface area contributed by atoms with Crippen LogP contribution in [0.1, 0.15) is 18.1 Å². The fourth-order valence-electron chi connectivity index (χ4n) is 3.10. The van der Waals surface area contributed by atoms with Crippen LogP contribution in [0.2, 0.25) is 0 Å². The van der Waals surface area contributed by atoms with Crippen molar-refractivity contribution in [2.24, 2.45) is 0 Å². The Labute approximate surface area is 182 Å². The van der Waals surface area contributed by atoms with Crippen molar-refractivity contribution in [3.63, 3.8) is 0 Å². The molecule has 0 amide bonds. The molecule has 30 heavy (non-hydrogen) atoms. The molecule has 3 aromatic rings. The predicted molar refractivity (Wildman–Crippen MR) is 123 cm³/mol. The van der Waals surface area contributed by atoms with Gasteiger partial charge in [0.05, 0.1) is 10.6 Å². The molecule has 0 aliphatic carbocycles. The number of aryl methyl sites for hydroxylation is 2. The van der Waals surface area contributed by atoms with Gasteiger partial charge in [0, 0.05) is 25.4 Å². The monoisotopic (exact) mass is 442 g/mol. The van der Waals surface area contributed by atoms with Crippen LogP contribution in [0.3, 0.4) is 0 Å². The predicted octanol–water partition coefficient (Wildman–Crippen LogP) is 4.47. The van der Waals surface area contributed by atoms with Crippen LogP contribution in [0, 0.1) is 13.8 Å². The highest BCUT2D eigenvalue weighted by molar-refractivity contribution is 7.99. The minimum Gasteiger partial charge on any atom is -0.269 e. The van der Waals surface area contributed by atoms with E-state index < -0.39 is 10.0 Å². The Kier molecular flexibility index (Phi) is 6.50. The van der Waals surface area contributed by atoms with Gasteiger partial charge >= 0.3 is 0 Å². The normalized spacial score (nSPS) is 11.8. The number of nitrogens with zero attached hydrogens (tertiary/aromatic N) is 4. The number of rotatable bonds is 7. The molecule has 0 aliphatic heterocycles. The number of hydrogen-bond acceptors (Lipinski definition) is 5. The number of benzene rings is 2. The number of aromatic nitrogens is 3. The highest BCUT2D eigenvalue weighted by Crippen LogP contribution is 2.32. The van der Waals surface area contributed by atoms with E-state index in [-0.39, 0.29) is 4.90 Å². The summed E-state index contributed by atoms with van der Waals surface area (Å²) in [4.78, 5) is 0.220. The van der Waals surface area contributed by atoms with Crippen molar-refractivity contribution < 1.29 is 8.42 Å². The number of sulfonamides is 1. The first-order chi connectivity index (χ1) is 14.1. The Balaban J connectivity index is 2.23. The summed E-state index contributed by atoms with van der Waals surface area (Å²) in [7, 11) is -0.514. The minimum absolute atomic E-state index is 0.220. The average Bonchev–Trinajstić information content (AvgIpc) is 3.10. The number of para-hydroxylation sites is 1. The summed E-state index contributed by atoms with van der Waals surface area (Å²) in [6.07, 6.45) is 0. The third-order valence-corrected chi connectivity index (χ3v) is 7.59. The first-order valence-electron chi connectivity index (χ1n) is 9.45. The molecule has 3 rings (SSSR count). The third kappa shape index (κ3) is 4.35. The van der Waals surface area contributed by atoms with Crippen LogP contribution in [-0.2, 0) is 10.0 Å². The molecule has 0 atom stereocenters. The molecule has 0 bridgehead atoms. The highest BCUT2D eigenvalue weighted by Gasteiger charge is 2.22. The van der Waals surface area contributed by atoms with Crippen molar-refractivity contribution in [1.82, 2.24) is 19.1 Å². The van der Waals surface area contributed by atoms with E-state index in [1.54, 1.807) is 30.0 Å². The van der Waals surface area contributed by atoms with E-state index in [0.717, 1.165) is 33.3 Å². The van der Waals surface area contributed by atoms with Crippen molar-refractivity contribution in [2.45, 2.75) is 30.8 Å². The molecular weight excluding hydrogens is 416 g/mol. The molecule has 1 heterocycles. The minimum atomic E-state index is -3.56. The number of hydrogen-bond donors (Lipinski definition) is 0. The largest absolute Gasteiger partial charge is 0.269 e. The Morgan fingerprint density at radius 3 is 2.33 bits per heavy atom. The summed E-state index contributed by atoms with van der Waals surface area (Å²) in [5, 5.41) is 9.61. The standard InChI is InChI=1S/C22H26N4O2S2/c1-15(2)14-29-22-24-23-21(26(22)20-16(3)9-7-10-17(20)4)18-11-8-12-19(13-18)30(27,28)25(5)6/h7-13H,1,14H2,2-6H3. The van der Waals surface area contributed by atoms with E-state index >= 15 is 0 Å². The highest BCUT2D eigenvalue weighted by atomic mass is 32.2. The van der Waals surface area contributed by atoms with Gasteiger partial charge in [-0.3, -0.25) is 4.57 Å². The zero-order chi connectivity index (χ0) is 22.1. The van der Waals surface area contributed by atoms with E-state index in [1.807, 2.05) is 49.6 Å². The zero-order valence-electron chi connectivity index (χ0n) is 17.9. The molecule has 2 aromatic carbocycles. The Morgan fingerprint density at radius 2 is 1.73 bits per heavy atom. The molecule has 0 radical (unpaired) electrons. The van der Waals surface area contributed by atoms with Gasteiger partial charge in [-0.25, -0.2) is 12.7 Å². The van der Waals surface area contributed by atoms with Crippen LogP contribution < -0.4 is 0 Å². The van der Waals surface area contributed by atoms with Crippen molar-refractivity contribution in [2.75, 3.05) is 19.8 Å². The second-order valence-electron chi connectivity index (χ2n) is 7.44.